The van der Waals surface area contributed by atoms with E-state index < -0.39 is 0 Å². The van der Waals surface area contributed by atoms with Crippen LogP contribution in [-0.2, 0) is 6.54 Å². The third-order valence-corrected chi connectivity index (χ3v) is 5.57. The predicted octanol–water partition coefficient (Wildman–Crippen LogP) is 3.32. The van der Waals surface area contributed by atoms with Crippen LogP contribution >= 0.6 is 23.8 Å². The molecule has 0 spiro atoms. The van der Waals surface area contributed by atoms with Crippen LogP contribution in [0.2, 0.25) is 5.02 Å². The minimum absolute atomic E-state index is 0.104. The number of piperidine rings is 1. The number of benzene rings is 1. The first-order valence-electron chi connectivity index (χ1n) is 8.12. The van der Waals surface area contributed by atoms with Gasteiger partial charge in [0.25, 0.3) is 5.56 Å². The van der Waals surface area contributed by atoms with Crippen molar-refractivity contribution in [1.29, 1.82) is 0 Å². The van der Waals surface area contributed by atoms with Gasteiger partial charge in [-0.2, -0.15) is 0 Å². The number of halogens is 1. The number of nitrogens with one attached hydrogen (secondary N) is 1. The molecule has 2 bridgehead atoms. The number of rotatable bonds is 1. The summed E-state index contributed by atoms with van der Waals surface area (Å²) < 4.78 is 1.93. The summed E-state index contributed by atoms with van der Waals surface area (Å²) in [6.45, 7) is 2.47. The Morgan fingerprint density at radius 3 is 2.79 bits per heavy atom. The molecule has 1 saturated heterocycles. The second kappa shape index (κ2) is 6.22. The predicted molar refractivity (Wildman–Crippen MR) is 101 cm³/mol. The lowest BCUT2D eigenvalue weighted by Crippen LogP contribution is -2.50. The van der Waals surface area contributed by atoms with Gasteiger partial charge in [-0.15, -0.1) is 0 Å². The van der Waals surface area contributed by atoms with Gasteiger partial charge in [0.05, 0.1) is 10.7 Å². The summed E-state index contributed by atoms with van der Waals surface area (Å²) >= 11 is 11.8. The first-order valence-corrected chi connectivity index (χ1v) is 8.90. The molecule has 4 rings (SSSR count). The lowest BCUT2D eigenvalue weighted by atomic mass is 9.83. The Morgan fingerprint density at radius 1 is 1.12 bits per heavy atom. The van der Waals surface area contributed by atoms with Crippen molar-refractivity contribution in [2.75, 3.05) is 18.4 Å². The van der Waals surface area contributed by atoms with E-state index >= 15 is 0 Å². The van der Waals surface area contributed by atoms with Crippen LogP contribution < -0.4 is 10.9 Å². The topological polar surface area (TPSA) is 37.3 Å². The second-order valence-electron chi connectivity index (χ2n) is 6.51. The van der Waals surface area contributed by atoms with Crippen molar-refractivity contribution >= 4 is 34.6 Å². The van der Waals surface area contributed by atoms with Gasteiger partial charge in [0.15, 0.2) is 5.11 Å². The van der Waals surface area contributed by atoms with Crippen molar-refractivity contribution in [2.45, 2.75) is 18.9 Å². The van der Waals surface area contributed by atoms with Gasteiger partial charge in [0.1, 0.15) is 0 Å². The molecule has 2 aliphatic heterocycles. The monoisotopic (exact) mass is 359 g/mol. The van der Waals surface area contributed by atoms with Crippen molar-refractivity contribution in [3.63, 3.8) is 0 Å². The third-order valence-electron chi connectivity index (χ3n) is 4.88. The molecule has 3 heterocycles. The molecule has 2 aromatic rings. The Hall–Kier alpha value is -1.85. The van der Waals surface area contributed by atoms with Crippen LogP contribution in [0.25, 0.3) is 0 Å². The summed E-state index contributed by atoms with van der Waals surface area (Å²) in [5.41, 5.74) is 2.06. The first-order chi connectivity index (χ1) is 11.6. The number of hydrogen-bond donors (Lipinski definition) is 1. The van der Waals surface area contributed by atoms with Gasteiger partial charge < -0.3 is 14.8 Å². The van der Waals surface area contributed by atoms with Crippen LogP contribution in [0.5, 0.6) is 0 Å². The molecule has 124 valence electrons. The normalized spacial score (nSPS) is 22.0. The molecule has 6 heteroatoms. The molecule has 0 amide bonds. The fraction of sp³-hybridized carbons (Fsp3) is 0.333. The van der Waals surface area contributed by atoms with Gasteiger partial charge in [-0.25, -0.2) is 0 Å². The van der Waals surface area contributed by atoms with E-state index in [1.165, 1.54) is 0 Å². The smallest absolute Gasteiger partial charge is 0.250 e. The summed E-state index contributed by atoms with van der Waals surface area (Å²) in [5, 5.41) is 4.62. The SMILES string of the molecule is O=c1cccc2n1C[C@@H]1C[C@@H]2CN(C(=S)Nc2ccccc2Cl)C1. The quantitative estimate of drug-likeness (QED) is 0.792. The molecule has 2 atom stereocenters. The zero-order valence-corrected chi connectivity index (χ0v) is 14.7. The van der Waals surface area contributed by atoms with Crippen LogP contribution in [0.3, 0.4) is 0 Å². The molecule has 2 aliphatic rings. The average molecular weight is 360 g/mol. The number of para-hydroxylation sites is 1. The fourth-order valence-electron chi connectivity index (χ4n) is 3.82. The van der Waals surface area contributed by atoms with Gasteiger partial charge >= 0.3 is 0 Å². The molecule has 24 heavy (non-hydrogen) atoms. The Kier molecular flexibility index (Phi) is 4.06. The second-order valence-corrected chi connectivity index (χ2v) is 7.31. The number of hydrogen-bond acceptors (Lipinski definition) is 2. The van der Waals surface area contributed by atoms with Crippen LogP contribution in [0, 0.1) is 5.92 Å². The number of thiocarbonyl (C=S) groups is 1. The maximum absolute atomic E-state index is 12.1. The minimum Gasteiger partial charge on any atom is -0.348 e. The Morgan fingerprint density at radius 2 is 1.96 bits per heavy atom. The maximum atomic E-state index is 12.1. The summed E-state index contributed by atoms with van der Waals surface area (Å²) in [5.74, 6) is 0.791. The van der Waals surface area contributed by atoms with Gasteiger partial charge in [-0.05, 0) is 42.8 Å². The Balaban J connectivity index is 1.55. The molecular weight excluding hydrogens is 342 g/mol. The van der Waals surface area contributed by atoms with Gasteiger partial charge in [0.2, 0.25) is 0 Å². The molecular formula is C18H18ClN3OS. The highest BCUT2D eigenvalue weighted by atomic mass is 35.5. The van der Waals surface area contributed by atoms with Gasteiger partial charge in [-0.1, -0.05) is 29.8 Å². The summed E-state index contributed by atoms with van der Waals surface area (Å²) in [6, 6.07) is 13.2. The number of aromatic nitrogens is 1. The van der Waals surface area contributed by atoms with E-state index in [-0.39, 0.29) is 5.56 Å². The number of fused-ring (bicyclic) bond motifs is 4. The molecule has 1 aromatic heterocycles. The van der Waals surface area contributed by atoms with E-state index in [2.05, 4.69) is 16.3 Å². The summed E-state index contributed by atoms with van der Waals surface area (Å²) in [6.07, 6.45) is 1.12. The molecule has 1 fully saturated rings. The van der Waals surface area contributed by atoms with E-state index in [1.807, 2.05) is 34.9 Å². The summed E-state index contributed by atoms with van der Waals surface area (Å²) in [4.78, 5) is 14.3. The van der Waals surface area contributed by atoms with Crippen molar-refractivity contribution < 1.29 is 0 Å². The minimum atomic E-state index is 0.104. The molecule has 0 aliphatic carbocycles. The lowest BCUT2D eigenvalue weighted by molar-refractivity contribution is 0.180. The third kappa shape index (κ3) is 2.82. The molecule has 1 N–H and O–H groups in total. The molecule has 0 radical (unpaired) electrons. The standard InChI is InChI=1S/C18H18ClN3OS/c19-14-4-1-2-5-15(14)20-18(24)21-9-12-8-13(11-21)16-6-3-7-17(23)22(16)10-12/h1-7,12-13H,8-11H2,(H,20,24)/t12-,13-/m1/s1. The van der Waals surface area contributed by atoms with Crippen LogP contribution in [-0.4, -0.2) is 27.7 Å². The van der Waals surface area contributed by atoms with Crippen LogP contribution in [0.15, 0.2) is 47.3 Å². The first kappa shape index (κ1) is 15.7. The van der Waals surface area contributed by atoms with Crippen molar-refractivity contribution in [3.8, 4) is 0 Å². The van der Waals surface area contributed by atoms with Gasteiger partial charge in [-0.3, -0.25) is 4.79 Å². The van der Waals surface area contributed by atoms with Crippen molar-refractivity contribution in [2.24, 2.45) is 5.92 Å². The zero-order valence-electron chi connectivity index (χ0n) is 13.1. The maximum Gasteiger partial charge on any atom is 0.250 e. The van der Waals surface area contributed by atoms with E-state index in [0.717, 1.165) is 37.4 Å². The van der Waals surface area contributed by atoms with E-state index in [1.54, 1.807) is 6.07 Å². The van der Waals surface area contributed by atoms with Crippen molar-refractivity contribution in [3.05, 3.63) is 63.5 Å². The number of nitrogens with zero attached hydrogens (tertiary/aromatic N) is 2. The Labute approximate surface area is 151 Å². The molecule has 1 aromatic carbocycles. The van der Waals surface area contributed by atoms with Gasteiger partial charge in [0, 0.05) is 37.3 Å². The highest BCUT2D eigenvalue weighted by Crippen LogP contribution is 2.35. The largest absolute Gasteiger partial charge is 0.348 e. The number of pyridine rings is 1. The van der Waals surface area contributed by atoms with E-state index in [4.69, 9.17) is 23.8 Å². The summed E-state index contributed by atoms with van der Waals surface area (Å²) in [7, 11) is 0. The molecule has 4 nitrogen and oxygen atoms in total. The van der Waals surface area contributed by atoms with Crippen LogP contribution in [0.4, 0.5) is 5.69 Å². The van der Waals surface area contributed by atoms with E-state index in [9.17, 15) is 4.79 Å². The molecule has 0 saturated carbocycles. The lowest BCUT2D eigenvalue weighted by Gasteiger charge is -2.43. The average Bonchev–Trinajstić information content (AvgIpc) is 2.58. The van der Waals surface area contributed by atoms with Crippen LogP contribution in [0.1, 0.15) is 18.0 Å². The fourth-order valence-corrected chi connectivity index (χ4v) is 4.26. The number of anilines is 1. The zero-order chi connectivity index (χ0) is 16.7. The highest BCUT2D eigenvalue weighted by Gasteiger charge is 2.35. The highest BCUT2D eigenvalue weighted by molar-refractivity contribution is 7.80. The molecule has 0 unspecified atom stereocenters. The van der Waals surface area contributed by atoms with E-state index in [0.29, 0.717) is 22.0 Å². The Bertz CT molecular complexity index is 850. The van der Waals surface area contributed by atoms with Crippen molar-refractivity contribution in [1.82, 2.24) is 9.47 Å². The number of likely N-dealkylation sites (tertiary alicyclic amines) is 1.